The highest BCUT2D eigenvalue weighted by molar-refractivity contribution is 5.85. The van der Waals surface area contributed by atoms with E-state index in [4.69, 9.17) is 11.3 Å². The number of carbonyl (C=O) groups excluding carboxylic acids is 1. The van der Waals surface area contributed by atoms with Gasteiger partial charge in [-0.05, 0) is 50.7 Å². The zero-order valence-corrected chi connectivity index (χ0v) is 11.2. The number of amides is 1. The highest BCUT2D eigenvalue weighted by Gasteiger charge is 2.44. The number of hydrogen-bond acceptors (Lipinski definition) is 4. The van der Waals surface area contributed by atoms with Crippen molar-refractivity contribution in [2.24, 2.45) is 10.8 Å². The smallest absolute Gasteiger partial charge is 0.237 e. The maximum absolute atomic E-state index is 11.8. The summed E-state index contributed by atoms with van der Waals surface area (Å²) in [7, 11) is 0. The molecular formula is C12H22N6O. The number of nitrogens with one attached hydrogen (secondary N) is 1. The molecule has 2 aliphatic rings. The van der Waals surface area contributed by atoms with Crippen molar-refractivity contribution < 1.29 is 4.79 Å². The number of carbonyl (C=O) groups is 1. The van der Waals surface area contributed by atoms with Gasteiger partial charge < -0.3 is 16.0 Å². The van der Waals surface area contributed by atoms with Gasteiger partial charge in [-0.25, -0.2) is 0 Å². The van der Waals surface area contributed by atoms with Gasteiger partial charge in [0, 0.05) is 24.0 Å². The minimum atomic E-state index is -0.568. The molecule has 3 N–H and O–H groups in total. The van der Waals surface area contributed by atoms with Crippen LogP contribution in [0.25, 0.3) is 10.4 Å². The van der Waals surface area contributed by atoms with Crippen LogP contribution in [0.15, 0.2) is 5.11 Å². The molecule has 2 aliphatic heterocycles. The third-order valence-corrected chi connectivity index (χ3v) is 4.34. The second-order valence-corrected chi connectivity index (χ2v) is 5.47. The second-order valence-electron chi connectivity index (χ2n) is 5.47. The molecule has 0 spiro atoms. The molecule has 2 rings (SSSR count). The molecule has 2 heterocycles. The van der Waals surface area contributed by atoms with Gasteiger partial charge in [-0.2, -0.15) is 0 Å². The SMILES string of the molecule is [N-]=[N+]=NCCCNC1(C(N)=O)CCN2CCCC2C1. The fraction of sp³-hybridized carbons (Fsp3) is 0.917. The van der Waals surface area contributed by atoms with E-state index in [0.29, 0.717) is 19.1 Å². The Hall–Kier alpha value is -1.30. The first-order valence-corrected chi connectivity index (χ1v) is 6.98. The Labute approximate surface area is 113 Å². The summed E-state index contributed by atoms with van der Waals surface area (Å²) in [5.41, 5.74) is 13.3. The summed E-state index contributed by atoms with van der Waals surface area (Å²) in [6.45, 7) is 3.20. The van der Waals surface area contributed by atoms with Gasteiger partial charge in [-0.15, -0.1) is 0 Å². The molecule has 0 saturated carbocycles. The van der Waals surface area contributed by atoms with Crippen LogP contribution in [0.3, 0.4) is 0 Å². The van der Waals surface area contributed by atoms with Crippen molar-refractivity contribution in [1.82, 2.24) is 10.2 Å². The maximum Gasteiger partial charge on any atom is 0.237 e. The lowest BCUT2D eigenvalue weighted by Gasteiger charge is -2.42. The Morgan fingerprint density at radius 1 is 1.58 bits per heavy atom. The Balaban J connectivity index is 1.90. The van der Waals surface area contributed by atoms with Gasteiger partial charge in [0.15, 0.2) is 0 Å². The quantitative estimate of drug-likeness (QED) is 0.320. The number of fused-ring (bicyclic) bond motifs is 1. The molecule has 2 atom stereocenters. The molecule has 0 radical (unpaired) electrons. The summed E-state index contributed by atoms with van der Waals surface area (Å²) in [4.78, 5) is 17.0. The fourth-order valence-electron chi connectivity index (χ4n) is 3.25. The van der Waals surface area contributed by atoms with Crippen LogP contribution in [0.1, 0.15) is 32.1 Å². The third-order valence-electron chi connectivity index (χ3n) is 4.34. The average Bonchev–Trinajstić information content (AvgIpc) is 2.85. The predicted molar refractivity (Wildman–Crippen MR) is 72.4 cm³/mol. The van der Waals surface area contributed by atoms with Crippen molar-refractivity contribution in [3.8, 4) is 0 Å². The van der Waals surface area contributed by atoms with E-state index in [-0.39, 0.29) is 5.91 Å². The largest absolute Gasteiger partial charge is 0.368 e. The van der Waals surface area contributed by atoms with Crippen molar-refractivity contribution in [3.05, 3.63) is 10.4 Å². The first-order chi connectivity index (χ1) is 9.18. The van der Waals surface area contributed by atoms with Crippen molar-refractivity contribution in [2.75, 3.05) is 26.2 Å². The lowest BCUT2D eigenvalue weighted by Crippen LogP contribution is -2.62. The van der Waals surface area contributed by atoms with E-state index in [1.54, 1.807) is 0 Å². The summed E-state index contributed by atoms with van der Waals surface area (Å²) in [6.07, 6.45) is 4.70. The minimum absolute atomic E-state index is 0.247. The Kier molecular flexibility index (Phi) is 4.63. The Morgan fingerprint density at radius 2 is 2.42 bits per heavy atom. The van der Waals surface area contributed by atoms with Crippen molar-refractivity contribution in [3.63, 3.8) is 0 Å². The molecule has 0 aromatic carbocycles. The summed E-state index contributed by atoms with van der Waals surface area (Å²) in [5.74, 6) is -0.247. The highest BCUT2D eigenvalue weighted by atomic mass is 16.1. The number of piperidine rings is 1. The zero-order chi connectivity index (χ0) is 13.7. The lowest BCUT2D eigenvalue weighted by atomic mass is 9.82. The van der Waals surface area contributed by atoms with E-state index >= 15 is 0 Å². The van der Waals surface area contributed by atoms with E-state index < -0.39 is 5.54 Å². The molecule has 7 nitrogen and oxygen atoms in total. The molecule has 106 valence electrons. The van der Waals surface area contributed by atoms with Crippen LogP contribution in [0.2, 0.25) is 0 Å². The van der Waals surface area contributed by atoms with E-state index in [2.05, 4.69) is 20.2 Å². The summed E-state index contributed by atoms with van der Waals surface area (Å²) >= 11 is 0. The van der Waals surface area contributed by atoms with Gasteiger partial charge in [0.1, 0.15) is 5.54 Å². The molecule has 2 saturated heterocycles. The number of azide groups is 1. The molecule has 0 aromatic rings. The monoisotopic (exact) mass is 266 g/mol. The lowest BCUT2D eigenvalue weighted by molar-refractivity contribution is -0.127. The standard InChI is InChI=1S/C12H22N6O/c13-11(19)12(15-5-2-6-16-17-14)4-8-18-7-1-3-10(18)9-12/h10,15H,1-9H2,(H2,13,19). The van der Waals surface area contributed by atoms with Gasteiger partial charge in [-0.1, -0.05) is 5.11 Å². The number of hydrogen-bond donors (Lipinski definition) is 2. The van der Waals surface area contributed by atoms with E-state index in [1.807, 2.05) is 0 Å². The van der Waals surface area contributed by atoms with Crippen LogP contribution >= 0.6 is 0 Å². The summed E-state index contributed by atoms with van der Waals surface area (Å²) in [5, 5.41) is 6.81. The highest BCUT2D eigenvalue weighted by Crippen LogP contribution is 2.32. The Morgan fingerprint density at radius 3 is 3.16 bits per heavy atom. The summed E-state index contributed by atoms with van der Waals surface area (Å²) in [6, 6.07) is 0.492. The first-order valence-electron chi connectivity index (χ1n) is 6.98. The predicted octanol–water partition coefficient (Wildman–Crippen LogP) is 0.759. The molecule has 0 bridgehead atoms. The molecule has 2 unspecified atom stereocenters. The zero-order valence-electron chi connectivity index (χ0n) is 11.2. The van der Waals surface area contributed by atoms with Crippen LogP contribution < -0.4 is 11.1 Å². The molecule has 1 amide bonds. The van der Waals surface area contributed by atoms with Crippen molar-refractivity contribution >= 4 is 5.91 Å². The van der Waals surface area contributed by atoms with Crippen LogP contribution in [0.5, 0.6) is 0 Å². The van der Waals surface area contributed by atoms with E-state index in [9.17, 15) is 4.79 Å². The Bertz CT molecular complexity index is 380. The van der Waals surface area contributed by atoms with Crippen LogP contribution in [-0.2, 0) is 4.79 Å². The molecule has 0 aromatic heterocycles. The first kappa shape index (κ1) is 14.1. The topological polar surface area (TPSA) is 107 Å². The van der Waals surface area contributed by atoms with Gasteiger partial charge in [0.25, 0.3) is 0 Å². The van der Waals surface area contributed by atoms with Crippen LogP contribution in [0.4, 0.5) is 0 Å². The fourth-order valence-corrected chi connectivity index (χ4v) is 3.25. The summed E-state index contributed by atoms with van der Waals surface area (Å²) < 4.78 is 0. The molecule has 19 heavy (non-hydrogen) atoms. The third kappa shape index (κ3) is 3.18. The molecule has 7 heteroatoms. The van der Waals surface area contributed by atoms with Crippen molar-refractivity contribution in [1.29, 1.82) is 0 Å². The number of nitrogens with two attached hydrogens (primary N) is 1. The average molecular weight is 266 g/mol. The van der Waals surface area contributed by atoms with Crippen LogP contribution in [0, 0.1) is 0 Å². The van der Waals surface area contributed by atoms with Gasteiger partial charge in [-0.3, -0.25) is 4.79 Å². The second kappa shape index (κ2) is 6.23. The molecular weight excluding hydrogens is 244 g/mol. The molecule has 0 aliphatic carbocycles. The molecule has 2 fully saturated rings. The number of nitrogens with zero attached hydrogens (tertiary/aromatic N) is 4. The van der Waals surface area contributed by atoms with E-state index in [1.165, 1.54) is 6.42 Å². The van der Waals surface area contributed by atoms with Crippen molar-refractivity contribution in [2.45, 2.75) is 43.7 Å². The van der Waals surface area contributed by atoms with Crippen LogP contribution in [-0.4, -0.2) is 48.6 Å². The van der Waals surface area contributed by atoms with Gasteiger partial charge in [0.2, 0.25) is 5.91 Å². The minimum Gasteiger partial charge on any atom is -0.368 e. The van der Waals surface area contributed by atoms with E-state index in [0.717, 1.165) is 38.8 Å². The normalized spacial score (nSPS) is 30.6. The number of primary amides is 1. The number of rotatable bonds is 6. The van der Waals surface area contributed by atoms with Gasteiger partial charge >= 0.3 is 0 Å². The van der Waals surface area contributed by atoms with Gasteiger partial charge in [0.05, 0.1) is 0 Å². The maximum atomic E-state index is 11.8.